The summed E-state index contributed by atoms with van der Waals surface area (Å²) < 4.78 is 35.1. The molecule has 2 fully saturated rings. The van der Waals surface area contributed by atoms with Crippen LogP contribution in [0.25, 0.3) is 0 Å². The Labute approximate surface area is 201 Å². The molecular weight excluding hydrogens is 456 g/mol. The van der Waals surface area contributed by atoms with E-state index < -0.39 is 15.6 Å². The zero-order valence-corrected chi connectivity index (χ0v) is 21.1. The van der Waals surface area contributed by atoms with Crippen LogP contribution in [0.15, 0.2) is 47.5 Å². The van der Waals surface area contributed by atoms with Gasteiger partial charge in [-0.1, -0.05) is 30.3 Å². The number of aromatic nitrogens is 1. The van der Waals surface area contributed by atoms with Gasteiger partial charge in [0, 0.05) is 49.9 Å². The molecule has 0 bridgehead atoms. The Morgan fingerprint density at radius 2 is 2.00 bits per heavy atom. The minimum atomic E-state index is -3.73. The molecule has 1 unspecified atom stereocenters. The molecule has 2 N–H and O–H groups in total. The van der Waals surface area contributed by atoms with Crippen molar-refractivity contribution in [1.82, 2.24) is 14.6 Å². The molecule has 9 heteroatoms. The summed E-state index contributed by atoms with van der Waals surface area (Å²) in [6.07, 6.45) is 3.60. The number of thioether (sulfide) groups is 1. The maximum absolute atomic E-state index is 13.2. The molecule has 2 aromatic rings. The molecule has 0 radical (unpaired) electrons. The molecule has 1 atom stereocenters. The average Bonchev–Trinajstić information content (AvgIpc) is 2.81. The van der Waals surface area contributed by atoms with E-state index in [9.17, 15) is 8.42 Å². The van der Waals surface area contributed by atoms with Crippen molar-refractivity contribution in [1.29, 1.82) is 0 Å². The van der Waals surface area contributed by atoms with Crippen molar-refractivity contribution < 1.29 is 13.2 Å². The Balaban J connectivity index is 1.38. The fourth-order valence-electron chi connectivity index (χ4n) is 4.23. The summed E-state index contributed by atoms with van der Waals surface area (Å²) in [5, 5.41) is 3.42. The third-order valence-electron chi connectivity index (χ3n) is 6.18. The molecule has 2 aliphatic rings. The zero-order valence-electron chi connectivity index (χ0n) is 19.4. The molecule has 1 aromatic heterocycles. The summed E-state index contributed by atoms with van der Waals surface area (Å²) in [7, 11) is -3.73. The van der Waals surface area contributed by atoms with E-state index >= 15 is 0 Å². The van der Waals surface area contributed by atoms with Crippen LogP contribution in [0, 0.1) is 6.92 Å². The van der Waals surface area contributed by atoms with Crippen LogP contribution in [0.2, 0.25) is 0 Å². The summed E-state index contributed by atoms with van der Waals surface area (Å²) in [5.74, 6) is 2.15. The SMILES string of the molecule is Cc1cnc(NC2CCN(Cc3ccccc3)CC2)c(S(=O)(=O)NCC2(C)CSCCO2)c1. The maximum atomic E-state index is 13.2. The molecule has 2 saturated heterocycles. The van der Waals surface area contributed by atoms with Crippen LogP contribution in [0.3, 0.4) is 0 Å². The molecule has 33 heavy (non-hydrogen) atoms. The van der Waals surface area contributed by atoms with E-state index in [0.29, 0.717) is 12.4 Å². The number of hydrogen-bond donors (Lipinski definition) is 2. The number of rotatable bonds is 8. The molecule has 3 heterocycles. The van der Waals surface area contributed by atoms with E-state index in [1.165, 1.54) is 5.56 Å². The Bertz CT molecular complexity index is 1020. The Morgan fingerprint density at radius 3 is 2.70 bits per heavy atom. The second kappa shape index (κ2) is 10.7. The van der Waals surface area contributed by atoms with Crippen molar-refractivity contribution in [3.63, 3.8) is 0 Å². The van der Waals surface area contributed by atoms with Crippen LogP contribution in [0.4, 0.5) is 5.82 Å². The van der Waals surface area contributed by atoms with Crippen molar-refractivity contribution in [3.05, 3.63) is 53.7 Å². The summed E-state index contributed by atoms with van der Waals surface area (Å²) in [6.45, 7) is 7.58. The number of nitrogens with zero attached hydrogens (tertiary/aromatic N) is 2. The van der Waals surface area contributed by atoms with Crippen molar-refractivity contribution in [3.8, 4) is 0 Å². The first-order valence-corrected chi connectivity index (χ1v) is 14.2. The van der Waals surface area contributed by atoms with Crippen LogP contribution >= 0.6 is 11.8 Å². The maximum Gasteiger partial charge on any atom is 0.244 e. The predicted molar refractivity (Wildman–Crippen MR) is 134 cm³/mol. The number of anilines is 1. The average molecular weight is 491 g/mol. The van der Waals surface area contributed by atoms with Crippen molar-refractivity contribution in [2.24, 2.45) is 0 Å². The second-order valence-electron chi connectivity index (χ2n) is 9.22. The van der Waals surface area contributed by atoms with Gasteiger partial charge in [0.15, 0.2) is 0 Å². The Kier molecular flexibility index (Phi) is 7.96. The van der Waals surface area contributed by atoms with Crippen molar-refractivity contribution in [2.75, 3.05) is 43.1 Å². The van der Waals surface area contributed by atoms with Gasteiger partial charge in [-0.3, -0.25) is 4.90 Å². The molecule has 180 valence electrons. The predicted octanol–water partition coefficient (Wildman–Crippen LogP) is 3.27. The third kappa shape index (κ3) is 6.70. The van der Waals surface area contributed by atoms with Crippen LogP contribution in [-0.2, 0) is 21.3 Å². The van der Waals surface area contributed by atoms with E-state index in [2.05, 4.69) is 44.2 Å². The minimum Gasteiger partial charge on any atom is -0.372 e. The van der Waals surface area contributed by atoms with E-state index in [0.717, 1.165) is 49.5 Å². The number of benzene rings is 1. The highest BCUT2D eigenvalue weighted by Gasteiger charge is 2.31. The number of ether oxygens (including phenoxy) is 1. The summed E-state index contributed by atoms with van der Waals surface area (Å²) >= 11 is 1.79. The standard InChI is InChI=1S/C24H34N4O3S2/c1-19-14-22(33(29,30)26-17-24(2)18-32-13-12-31-24)23(25-15-19)27-21-8-10-28(11-9-21)16-20-6-4-3-5-7-20/h3-7,14-15,21,26H,8-13,16-18H2,1-2H3,(H,25,27). The highest BCUT2D eigenvalue weighted by molar-refractivity contribution is 7.99. The van der Waals surface area contributed by atoms with Crippen molar-refractivity contribution >= 4 is 27.6 Å². The normalized spacial score (nSPS) is 22.8. The molecule has 0 saturated carbocycles. The number of piperidine rings is 1. The first-order valence-electron chi connectivity index (χ1n) is 11.5. The number of nitrogens with one attached hydrogen (secondary N) is 2. The van der Waals surface area contributed by atoms with Gasteiger partial charge in [-0.25, -0.2) is 18.1 Å². The van der Waals surface area contributed by atoms with Crippen LogP contribution in [0.5, 0.6) is 0 Å². The summed E-state index contributed by atoms with van der Waals surface area (Å²) in [6, 6.07) is 12.4. The minimum absolute atomic E-state index is 0.191. The van der Waals surface area contributed by atoms with Gasteiger partial charge in [0.05, 0.1) is 12.2 Å². The second-order valence-corrected chi connectivity index (χ2v) is 12.1. The van der Waals surface area contributed by atoms with Gasteiger partial charge < -0.3 is 10.1 Å². The van der Waals surface area contributed by atoms with Gasteiger partial charge in [-0.2, -0.15) is 11.8 Å². The number of aryl methyl sites for hydroxylation is 1. The summed E-state index contributed by atoms with van der Waals surface area (Å²) in [4.78, 5) is 7.11. The van der Waals surface area contributed by atoms with Gasteiger partial charge in [0.2, 0.25) is 10.0 Å². The third-order valence-corrected chi connectivity index (χ3v) is 8.86. The molecule has 0 amide bonds. The molecular formula is C24H34N4O3S2. The lowest BCUT2D eigenvalue weighted by Gasteiger charge is -2.34. The molecule has 4 rings (SSSR count). The highest BCUT2D eigenvalue weighted by atomic mass is 32.2. The molecule has 2 aliphatic heterocycles. The van der Waals surface area contributed by atoms with Gasteiger partial charge in [0.25, 0.3) is 0 Å². The van der Waals surface area contributed by atoms with Gasteiger partial charge in [-0.15, -0.1) is 0 Å². The lowest BCUT2D eigenvalue weighted by molar-refractivity contribution is -0.00527. The first-order chi connectivity index (χ1) is 15.8. The van der Waals surface area contributed by atoms with E-state index in [1.807, 2.05) is 19.9 Å². The topological polar surface area (TPSA) is 83.6 Å². The van der Waals surface area contributed by atoms with E-state index in [4.69, 9.17) is 4.74 Å². The zero-order chi connectivity index (χ0) is 23.3. The highest BCUT2D eigenvalue weighted by Crippen LogP contribution is 2.26. The lowest BCUT2D eigenvalue weighted by Crippen LogP contribution is -2.47. The van der Waals surface area contributed by atoms with Gasteiger partial charge in [0.1, 0.15) is 10.7 Å². The smallest absolute Gasteiger partial charge is 0.244 e. The number of pyridine rings is 1. The van der Waals surface area contributed by atoms with Crippen LogP contribution < -0.4 is 10.0 Å². The largest absolute Gasteiger partial charge is 0.372 e. The van der Waals surface area contributed by atoms with Crippen molar-refractivity contribution in [2.45, 2.75) is 49.8 Å². The quantitative estimate of drug-likeness (QED) is 0.588. The summed E-state index contributed by atoms with van der Waals surface area (Å²) in [5.41, 5.74) is 1.64. The van der Waals surface area contributed by atoms with Crippen LogP contribution in [0.1, 0.15) is 30.9 Å². The number of likely N-dealkylation sites (tertiary alicyclic amines) is 1. The lowest BCUT2D eigenvalue weighted by atomic mass is 10.0. The number of sulfonamides is 1. The fraction of sp³-hybridized carbons (Fsp3) is 0.542. The molecule has 1 aromatic carbocycles. The molecule has 0 spiro atoms. The molecule has 7 nitrogen and oxygen atoms in total. The Morgan fingerprint density at radius 1 is 1.24 bits per heavy atom. The van der Waals surface area contributed by atoms with Gasteiger partial charge >= 0.3 is 0 Å². The molecule has 0 aliphatic carbocycles. The number of hydrogen-bond acceptors (Lipinski definition) is 7. The monoisotopic (exact) mass is 490 g/mol. The van der Waals surface area contributed by atoms with E-state index in [-0.39, 0.29) is 17.5 Å². The fourth-order valence-corrected chi connectivity index (χ4v) is 6.55. The van der Waals surface area contributed by atoms with Crippen LogP contribution in [-0.4, -0.2) is 67.7 Å². The first kappa shape index (κ1) is 24.5. The van der Waals surface area contributed by atoms with E-state index in [1.54, 1.807) is 24.0 Å². The Hall–Kier alpha value is -1.65. The van der Waals surface area contributed by atoms with Gasteiger partial charge in [-0.05, 0) is 43.9 Å².